The Morgan fingerprint density at radius 3 is 2.63 bits per heavy atom. The van der Waals surface area contributed by atoms with E-state index in [0.717, 1.165) is 34.9 Å². The van der Waals surface area contributed by atoms with Crippen LogP contribution in [0.25, 0.3) is 10.9 Å². The molecule has 0 fully saturated rings. The van der Waals surface area contributed by atoms with Crippen LogP contribution in [-0.4, -0.2) is 27.4 Å². The first-order chi connectivity index (χ1) is 9.08. The standard InChI is InChI=1S/C15H19NO3/c1-3-10-7-12(15(18)19)8-13-11(5-4-6-17)9-16(2)14(10)13/h7-9,17H,3-6H2,1-2H3,(H,18,19). The maximum absolute atomic E-state index is 11.2. The fourth-order valence-electron chi connectivity index (χ4n) is 2.59. The molecule has 0 amide bonds. The largest absolute Gasteiger partial charge is 0.478 e. The minimum atomic E-state index is -0.895. The van der Waals surface area contributed by atoms with E-state index in [0.29, 0.717) is 12.0 Å². The van der Waals surface area contributed by atoms with Gasteiger partial charge in [-0.05, 0) is 42.5 Å². The summed E-state index contributed by atoms with van der Waals surface area (Å²) in [5.41, 5.74) is 3.58. The van der Waals surface area contributed by atoms with Gasteiger partial charge in [0.05, 0.1) is 11.1 Å². The minimum Gasteiger partial charge on any atom is -0.478 e. The van der Waals surface area contributed by atoms with Crippen molar-refractivity contribution in [3.05, 3.63) is 35.0 Å². The molecule has 1 aromatic heterocycles. The lowest BCUT2D eigenvalue weighted by Crippen LogP contribution is -1.99. The topological polar surface area (TPSA) is 62.5 Å². The zero-order valence-corrected chi connectivity index (χ0v) is 11.3. The van der Waals surface area contributed by atoms with Gasteiger partial charge in [-0.25, -0.2) is 4.79 Å². The second-order valence-corrected chi connectivity index (χ2v) is 4.78. The summed E-state index contributed by atoms with van der Waals surface area (Å²) in [5.74, 6) is -0.895. The summed E-state index contributed by atoms with van der Waals surface area (Å²) < 4.78 is 2.05. The SMILES string of the molecule is CCc1cc(C(=O)O)cc2c(CCCO)cn(C)c12. The minimum absolute atomic E-state index is 0.148. The van der Waals surface area contributed by atoms with Crippen molar-refractivity contribution in [3.63, 3.8) is 0 Å². The summed E-state index contributed by atoms with van der Waals surface area (Å²) >= 11 is 0. The summed E-state index contributed by atoms with van der Waals surface area (Å²) in [6.45, 7) is 2.18. The molecule has 0 aliphatic carbocycles. The predicted octanol–water partition coefficient (Wildman–Crippen LogP) is 2.36. The summed E-state index contributed by atoms with van der Waals surface area (Å²) in [4.78, 5) is 11.2. The van der Waals surface area contributed by atoms with E-state index in [1.54, 1.807) is 12.1 Å². The molecule has 0 aliphatic rings. The second kappa shape index (κ2) is 5.45. The van der Waals surface area contributed by atoms with E-state index in [2.05, 4.69) is 0 Å². The predicted molar refractivity (Wildman–Crippen MR) is 74.7 cm³/mol. The lowest BCUT2D eigenvalue weighted by Gasteiger charge is -2.06. The van der Waals surface area contributed by atoms with Gasteiger partial charge in [-0.3, -0.25) is 0 Å². The molecule has 0 aliphatic heterocycles. The van der Waals surface area contributed by atoms with Crippen LogP contribution in [0.2, 0.25) is 0 Å². The molecule has 1 aromatic carbocycles. The number of carboxylic acid groups (broad SMARTS) is 1. The van der Waals surface area contributed by atoms with E-state index in [1.807, 2.05) is 24.7 Å². The van der Waals surface area contributed by atoms with Crippen LogP contribution in [0.4, 0.5) is 0 Å². The highest BCUT2D eigenvalue weighted by Gasteiger charge is 2.14. The molecule has 0 bridgehead atoms. The Bertz CT molecular complexity index is 613. The lowest BCUT2D eigenvalue weighted by atomic mass is 10.0. The highest BCUT2D eigenvalue weighted by molar-refractivity contribution is 5.96. The highest BCUT2D eigenvalue weighted by Crippen LogP contribution is 2.27. The van der Waals surface area contributed by atoms with Gasteiger partial charge in [0, 0.05) is 25.2 Å². The Morgan fingerprint density at radius 1 is 1.32 bits per heavy atom. The molecule has 0 saturated heterocycles. The smallest absolute Gasteiger partial charge is 0.335 e. The summed E-state index contributed by atoms with van der Waals surface area (Å²) in [5, 5.41) is 19.1. The van der Waals surface area contributed by atoms with E-state index in [1.165, 1.54) is 0 Å². The van der Waals surface area contributed by atoms with Crippen molar-refractivity contribution in [2.24, 2.45) is 7.05 Å². The number of nitrogens with zero attached hydrogens (tertiary/aromatic N) is 1. The van der Waals surface area contributed by atoms with Crippen LogP contribution in [-0.2, 0) is 19.9 Å². The number of benzene rings is 1. The molecular weight excluding hydrogens is 242 g/mol. The van der Waals surface area contributed by atoms with Gasteiger partial charge in [0.1, 0.15) is 0 Å². The lowest BCUT2D eigenvalue weighted by molar-refractivity contribution is 0.0697. The van der Waals surface area contributed by atoms with Gasteiger partial charge in [-0.2, -0.15) is 0 Å². The zero-order chi connectivity index (χ0) is 14.0. The molecule has 0 saturated carbocycles. The van der Waals surface area contributed by atoms with Crippen LogP contribution < -0.4 is 0 Å². The van der Waals surface area contributed by atoms with Crippen LogP contribution in [0, 0.1) is 0 Å². The molecule has 0 atom stereocenters. The van der Waals surface area contributed by atoms with Crippen molar-refractivity contribution >= 4 is 16.9 Å². The van der Waals surface area contributed by atoms with Gasteiger partial charge in [-0.1, -0.05) is 6.92 Å². The summed E-state index contributed by atoms with van der Waals surface area (Å²) in [6.07, 6.45) is 4.29. The van der Waals surface area contributed by atoms with Crippen LogP contribution in [0.3, 0.4) is 0 Å². The van der Waals surface area contributed by atoms with Crippen LogP contribution in [0.1, 0.15) is 34.8 Å². The fraction of sp³-hybridized carbons (Fsp3) is 0.400. The third-order valence-electron chi connectivity index (χ3n) is 3.47. The summed E-state index contributed by atoms with van der Waals surface area (Å²) in [6, 6.07) is 3.49. The van der Waals surface area contributed by atoms with Gasteiger partial charge >= 0.3 is 5.97 Å². The number of aromatic nitrogens is 1. The number of carboxylic acids is 1. The molecule has 4 nitrogen and oxygen atoms in total. The first-order valence-corrected chi connectivity index (χ1v) is 6.53. The molecule has 2 rings (SSSR count). The van der Waals surface area contributed by atoms with Crippen molar-refractivity contribution in [1.29, 1.82) is 0 Å². The molecule has 2 aromatic rings. The Morgan fingerprint density at radius 2 is 2.05 bits per heavy atom. The number of aromatic carboxylic acids is 1. The van der Waals surface area contributed by atoms with E-state index in [9.17, 15) is 9.90 Å². The Hall–Kier alpha value is -1.81. The van der Waals surface area contributed by atoms with Crippen molar-refractivity contribution in [2.75, 3.05) is 6.61 Å². The molecule has 1 heterocycles. The van der Waals surface area contributed by atoms with E-state index >= 15 is 0 Å². The van der Waals surface area contributed by atoms with Gasteiger partial charge < -0.3 is 14.8 Å². The fourth-order valence-corrected chi connectivity index (χ4v) is 2.59. The molecule has 0 spiro atoms. The molecule has 102 valence electrons. The maximum atomic E-state index is 11.2. The number of rotatable bonds is 5. The molecule has 0 unspecified atom stereocenters. The Labute approximate surface area is 112 Å². The maximum Gasteiger partial charge on any atom is 0.335 e. The number of hydrogen-bond donors (Lipinski definition) is 2. The third-order valence-corrected chi connectivity index (χ3v) is 3.47. The Kier molecular flexibility index (Phi) is 3.90. The molecule has 19 heavy (non-hydrogen) atoms. The first-order valence-electron chi connectivity index (χ1n) is 6.53. The number of hydrogen-bond acceptors (Lipinski definition) is 2. The van der Waals surface area contributed by atoms with Crippen LogP contribution in [0.15, 0.2) is 18.3 Å². The monoisotopic (exact) mass is 261 g/mol. The zero-order valence-electron chi connectivity index (χ0n) is 11.3. The number of aliphatic hydroxyl groups excluding tert-OH is 1. The van der Waals surface area contributed by atoms with Gasteiger partial charge in [0.15, 0.2) is 0 Å². The Balaban J connectivity index is 2.66. The first kappa shape index (κ1) is 13.6. The third kappa shape index (κ3) is 2.49. The van der Waals surface area contributed by atoms with Gasteiger partial charge in [-0.15, -0.1) is 0 Å². The van der Waals surface area contributed by atoms with Gasteiger partial charge in [0.25, 0.3) is 0 Å². The molecule has 4 heteroatoms. The van der Waals surface area contributed by atoms with Crippen molar-refractivity contribution in [3.8, 4) is 0 Å². The average Bonchev–Trinajstić information content (AvgIpc) is 2.72. The number of carbonyl (C=O) groups is 1. The van der Waals surface area contributed by atoms with Crippen molar-refractivity contribution in [1.82, 2.24) is 4.57 Å². The number of aryl methyl sites for hydroxylation is 3. The molecular formula is C15H19NO3. The van der Waals surface area contributed by atoms with Crippen LogP contribution >= 0.6 is 0 Å². The highest BCUT2D eigenvalue weighted by atomic mass is 16.4. The molecule has 2 N–H and O–H groups in total. The second-order valence-electron chi connectivity index (χ2n) is 4.78. The van der Waals surface area contributed by atoms with Crippen molar-refractivity contribution < 1.29 is 15.0 Å². The van der Waals surface area contributed by atoms with Crippen LogP contribution in [0.5, 0.6) is 0 Å². The number of aliphatic hydroxyl groups is 1. The normalized spacial score (nSPS) is 11.1. The van der Waals surface area contributed by atoms with Crippen molar-refractivity contribution in [2.45, 2.75) is 26.2 Å². The average molecular weight is 261 g/mol. The summed E-state index contributed by atoms with van der Waals surface area (Å²) in [7, 11) is 1.98. The number of fused-ring (bicyclic) bond motifs is 1. The van der Waals surface area contributed by atoms with E-state index in [4.69, 9.17) is 5.11 Å². The van der Waals surface area contributed by atoms with E-state index in [-0.39, 0.29) is 6.61 Å². The molecule has 0 radical (unpaired) electrons. The van der Waals surface area contributed by atoms with E-state index < -0.39 is 5.97 Å². The quantitative estimate of drug-likeness (QED) is 0.868. The van der Waals surface area contributed by atoms with Gasteiger partial charge in [0.2, 0.25) is 0 Å².